The number of carbonyl (C=O) groups excluding carboxylic acids is 2. The number of aliphatic hydroxyl groups is 1. The maximum absolute atomic E-state index is 10.3. The van der Waals surface area contributed by atoms with Crippen molar-refractivity contribution in [3.63, 3.8) is 0 Å². The molecule has 3 unspecified atom stereocenters. The van der Waals surface area contributed by atoms with Gasteiger partial charge in [0.05, 0.1) is 6.10 Å². The molecule has 0 aliphatic rings. The molecule has 3 atom stereocenters. The second kappa shape index (κ2) is 4.87. The van der Waals surface area contributed by atoms with Gasteiger partial charge in [0.2, 0.25) is 12.8 Å². The van der Waals surface area contributed by atoms with Gasteiger partial charge in [0, 0.05) is 12.0 Å². The van der Waals surface area contributed by atoms with E-state index in [9.17, 15) is 14.7 Å². The predicted octanol–water partition coefficient (Wildman–Crippen LogP) is 0.00660. The Balaban J connectivity index is 4.24. The Labute approximate surface area is 72.2 Å². The van der Waals surface area contributed by atoms with Crippen LogP contribution in [0.4, 0.5) is 0 Å². The van der Waals surface area contributed by atoms with Crippen molar-refractivity contribution >= 4 is 12.8 Å². The molecule has 0 aromatic carbocycles. The lowest BCUT2D eigenvalue weighted by Gasteiger charge is -2.26. The fourth-order valence-electron chi connectivity index (χ4n) is 0.891. The Bertz CT molecular complexity index is 150. The Kier molecular flexibility index (Phi) is 4.51. The maximum Gasteiger partial charge on any atom is 0.216 e. The van der Waals surface area contributed by atoms with Crippen molar-refractivity contribution in [2.24, 2.45) is 5.92 Å². The molecule has 4 nitrogen and oxygen atoms in total. The lowest BCUT2D eigenvalue weighted by molar-refractivity contribution is -0.133. The van der Waals surface area contributed by atoms with Crippen molar-refractivity contribution < 1.29 is 14.7 Å². The number of carbonyl (C=O) groups is 2. The molecule has 4 heteroatoms. The van der Waals surface area contributed by atoms with Gasteiger partial charge in [-0.15, -0.1) is 0 Å². The summed E-state index contributed by atoms with van der Waals surface area (Å²) in [7, 11) is 0. The summed E-state index contributed by atoms with van der Waals surface area (Å²) in [5, 5.41) is 9.17. The number of imide groups is 1. The highest BCUT2D eigenvalue weighted by atomic mass is 16.3. The van der Waals surface area contributed by atoms with Crippen molar-refractivity contribution in [1.82, 2.24) is 4.90 Å². The zero-order valence-electron chi connectivity index (χ0n) is 7.60. The molecule has 1 N–H and O–H groups in total. The normalized spacial score (nSPS) is 17.7. The molecule has 0 spiro atoms. The highest BCUT2D eigenvalue weighted by molar-refractivity contribution is 5.69. The zero-order valence-corrected chi connectivity index (χ0v) is 7.60. The molecule has 0 aliphatic carbocycles. The van der Waals surface area contributed by atoms with E-state index < -0.39 is 6.10 Å². The van der Waals surface area contributed by atoms with E-state index in [1.54, 1.807) is 20.8 Å². The van der Waals surface area contributed by atoms with Crippen LogP contribution >= 0.6 is 0 Å². The molecule has 0 saturated heterocycles. The first-order chi connectivity index (χ1) is 5.54. The Morgan fingerprint density at radius 2 is 1.58 bits per heavy atom. The minimum absolute atomic E-state index is 0.111. The molecule has 0 radical (unpaired) electrons. The summed E-state index contributed by atoms with van der Waals surface area (Å²) in [6.07, 6.45) is 0.412. The van der Waals surface area contributed by atoms with Crippen LogP contribution in [0.5, 0.6) is 0 Å². The minimum atomic E-state index is -0.526. The fourth-order valence-corrected chi connectivity index (χ4v) is 0.891. The molecule has 2 amide bonds. The van der Waals surface area contributed by atoms with E-state index >= 15 is 0 Å². The topological polar surface area (TPSA) is 57.6 Å². The number of nitrogens with zero attached hydrogens (tertiary/aromatic N) is 1. The van der Waals surface area contributed by atoms with Crippen LogP contribution < -0.4 is 0 Å². The van der Waals surface area contributed by atoms with E-state index in [2.05, 4.69) is 0 Å². The number of amides is 2. The fraction of sp³-hybridized carbons (Fsp3) is 0.750. The average molecular weight is 173 g/mol. The highest BCUT2D eigenvalue weighted by Crippen LogP contribution is 2.11. The van der Waals surface area contributed by atoms with E-state index in [1.165, 1.54) is 0 Å². The minimum Gasteiger partial charge on any atom is -0.393 e. The molecule has 0 aliphatic heterocycles. The SMILES string of the molecule is CC(O)C(C)C(C)N(C=O)C=O. The van der Waals surface area contributed by atoms with Crippen molar-refractivity contribution in [3.05, 3.63) is 0 Å². The van der Waals surface area contributed by atoms with Crippen LogP contribution in [-0.4, -0.2) is 35.0 Å². The van der Waals surface area contributed by atoms with Crippen molar-refractivity contribution in [2.75, 3.05) is 0 Å². The monoisotopic (exact) mass is 173 g/mol. The highest BCUT2D eigenvalue weighted by Gasteiger charge is 2.21. The predicted molar refractivity (Wildman–Crippen MR) is 44.3 cm³/mol. The summed E-state index contributed by atoms with van der Waals surface area (Å²) in [5.41, 5.74) is 0. The quantitative estimate of drug-likeness (QED) is 0.596. The van der Waals surface area contributed by atoms with Crippen LogP contribution in [0, 0.1) is 5.92 Å². The molecule has 0 bridgehead atoms. The van der Waals surface area contributed by atoms with Crippen LogP contribution in [0.3, 0.4) is 0 Å². The third-order valence-corrected chi connectivity index (χ3v) is 2.24. The van der Waals surface area contributed by atoms with Crippen molar-refractivity contribution in [2.45, 2.75) is 32.9 Å². The van der Waals surface area contributed by atoms with Crippen LogP contribution in [0.2, 0.25) is 0 Å². The van der Waals surface area contributed by atoms with Gasteiger partial charge < -0.3 is 5.11 Å². The summed E-state index contributed by atoms with van der Waals surface area (Å²) < 4.78 is 0. The van der Waals surface area contributed by atoms with Crippen LogP contribution in [-0.2, 0) is 9.59 Å². The second-order valence-corrected chi connectivity index (χ2v) is 3.00. The van der Waals surface area contributed by atoms with Gasteiger partial charge in [-0.25, -0.2) is 0 Å². The number of aliphatic hydroxyl groups excluding tert-OH is 1. The van der Waals surface area contributed by atoms with E-state index in [1.807, 2.05) is 0 Å². The molecule has 70 valence electrons. The third kappa shape index (κ3) is 2.62. The molecule has 12 heavy (non-hydrogen) atoms. The van der Waals surface area contributed by atoms with Gasteiger partial charge in [-0.3, -0.25) is 14.5 Å². The molecule has 0 heterocycles. The van der Waals surface area contributed by atoms with Gasteiger partial charge in [-0.2, -0.15) is 0 Å². The van der Waals surface area contributed by atoms with Crippen LogP contribution in [0.25, 0.3) is 0 Å². The van der Waals surface area contributed by atoms with E-state index in [0.717, 1.165) is 4.90 Å². The van der Waals surface area contributed by atoms with Gasteiger partial charge in [-0.1, -0.05) is 6.92 Å². The molecule has 0 saturated carbocycles. The lowest BCUT2D eigenvalue weighted by Crippen LogP contribution is -2.39. The second-order valence-electron chi connectivity index (χ2n) is 3.00. The first kappa shape index (κ1) is 11.1. The molecular weight excluding hydrogens is 158 g/mol. The lowest BCUT2D eigenvalue weighted by atomic mass is 9.97. The van der Waals surface area contributed by atoms with Crippen molar-refractivity contribution in [1.29, 1.82) is 0 Å². The summed E-state index contributed by atoms with van der Waals surface area (Å²) >= 11 is 0. The smallest absolute Gasteiger partial charge is 0.216 e. The summed E-state index contributed by atoms with van der Waals surface area (Å²) in [4.78, 5) is 21.6. The van der Waals surface area contributed by atoms with Gasteiger partial charge in [0.25, 0.3) is 0 Å². The molecular formula is C8H15NO3. The molecule has 0 fully saturated rings. The van der Waals surface area contributed by atoms with E-state index in [0.29, 0.717) is 12.8 Å². The first-order valence-corrected chi connectivity index (χ1v) is 3.90. The van der Waals surface area contributed by atoms with Gasteiger partial charge in [0.15, 0.2) is 0 Å². The standard InChI is InChI=1S/C8H15NO3/c1-6(8(3)12)7(2)9(4-10)5-11/h4-8,12H,1-3H3. The van der Waals surface area contributed by atoms with E-state index in [4.69, 9.17) is 0 Å². The number of rotatable bonds is 5. The molecule has 0 rings (SSSR count). The zero-order chi connectivity index (χ0) is 9.72. The number of hydrogen-bond donors (Lipinski definition) is 1. The van der Waals surface area contributed by atoms with E-state index in [-0.39, 0.29) is 12.0 Å². The Morgan fingerprint density at radius 3 is 1.83 bits per heavy atom. The third-order valence-electron chi connectivity index (χ3n) is 2.24. The van der Waals surface area contributed by atoms with Gasteiger partial charge >= 0.3 is 0 Å². The average Bonchev–Trinajstić information content (AvgIpc) is 2.05. The Morgan fingerprint density at radius 1 is 1.17 bits per heavy atom. The summed E-state index contributed by atoms with van der Waals surface area (Å²) in [6, 6.07) is -0.264. The Hall–Kier alpha value is -0.900. The van der Waals surface area contributed by atoms with Crippen molar-refractivity contribution in [3.8, 4) is 0 Å². The maximum atomic E-state index is 10.3. The largest absolute Gasteiger partial charge is 0.393 e. The first-order valence-electron chi connectivity index (χ1n) is 3.90. The van der Waals surface area contributed by atoms with Crippen LogP contribution in [0.15, 0.2) is 0 Å². The van der Waals surface area contributed by atoms with Crippen LogP contribution in [0.1, 0.15) is 20.8 Å². The molecule has 0 aromatic heterocycles. The molecule has 0 aromatic rings. The number of hydrogen-bond acceptors (Lipinski definition) is 3. The summed E-state index contributed by atoms with van der Waals surface area (Å²) in [6.45, 7) is 5.14. The summed E-state index contributed by atoms with van der Waals surface area (Å²) in [5.74, 6) is -0.111. The van der Waals surface area contributed by atoms with Gasteiger partial charge in [0.1, 0.15) is 0 Å². The van der Waals surface area contributed by atoms with Gasteiger partial charge in [-0.05, 0) is 13.8 Å².